The SMILES string of the molecule is CCN1CCN(C2CCCc3ccccc3C2O)CC1. The molecule has 110 valence electrons. The highest BCUT2D eigenvalue weighted by atomic mass is 16.3. The van der Waals surface area contributed by atoms with Crippen LogP contribution in [0.5, 0.6) is 0 Å². The number of aliphatic hydroxyl groups is 1. The molecule has 1 aromatic rings. The zero-order chi connectivity index (χ0) is 13.9. The van der Waals surface area contributed by atoms with Crippen LogP contribution in [0.15, 0.2) is 24.3 Å². The minimum atomic E-state index is -0.318. The number of aryl methyl sites for hydroxylation is 1. The van der Waals surface area contributed by atoms with Crippen LogP contribution >= 0.6 is 0 Å². The normalized spacial score (nSPS) is 28.9. The van der Waals surface area contributed by atoms with Crippen LogP contribution in [-0.4, -0.2) is 53.7 Å². The lowest BCUT2D eigenvalue weighted by Crippen LogP contribution is -2.51. The van der Waals surface area contributed by atoms with Crippen molar-refractivity contribution in [3.63, 3.8) is 0 Å². The molecule has 3 rings (SSSR count). The average Bonchev–Trinajstić information content (AvgIpc) is 2.67. The van der Waals surface area contributed by atoms with Crippen LogP contribution < -0.4 is 0 Å². The third-order valence-corrected chi connectivity index (χ3v) is 5.01. The summed E-state index contributed by atoms with van der Waals surface area (Å²) in [5, 5.41) is 10.8. The third-order valence-electron chi connectivity index (χ3n) is 5.01. The largest absolute Gasteiger partial charge is 0.387 e. The standard InChI is InChI=1S/C17H26N2O/c1-2-18-10-12-19(13-11-18)16-9-5-7-14-6-3-4-8-15(14)17(16)20/h3-4,6,8,16-17,20H,2,5,7,9-13H2,1H3. The lowest BCUT2D eigenvalue weighted by Gasteiger charge is -2.40. The molecule has 1 saturated heterocycles. The van der Waals surface area contributed by atoms with Crippen LogP contribution in [0.25, 0.3) is 0 Å². The number of benzene rings is 1. The maximum absolute atomic E-state index is 10.8. The highest BCUT2D eigenvalue weighted by Crippen LogP contribution is 2.32. The molecular formula is C17H26N2O. The number of hydrogen-bond acceptors (Lipinski definition) is 3. The summed E-state index contributed by atoms with van der Waals surface area (Å²) in [6.07, 6.45) is 3.09. The highest BCUT2D eigenvalue weighted by molar-refractivity contribution is 5.31. The maximum Gasteiger partial charge on any atom is 0.0947 e. The van der Waals surface area contributed by atoms with Crippen molar-refractivity contribution in [2.45, 2.75) is 38.3 Å². The topological polar surface area (TPSA) is 26.7 Å². The Morgan fingerprint density at radius 2 is 1.90 bits per heavy atom. The van der Waals surface area contributed by atoms with Crippen molar-refractivity contribution in [1.82, 2.24) is 9.80 Å². The summed E-state index contributed by atoms with van der Waals surface area (Å²) in [7, 11) is 0. The van der Waals surface area contributed by atoms with E-state index >= 15 is 0 Å². The number of aliphatic hydroxyl groups excluding tert-OH is 1. The molecule has 2 atom stereocenters. The Morgan fingerprint density at radius 3 is 2.65 bits per heavy atom. The number of piperazine rings is 1. The smallest absolute Gasteiger partial charge is 0.0947 e. The minimum Gasteiger partial charge on any atom is -0.387 e. The molecule has 0 aromatic heterocycles. The monoisotopic (exact) mass is 274 g/mol. The molecule has 0 amide bonds. The molecule has 2 aliphatic rings. The van der Waals surface area contributed by atoms with Crippen LogP contribution in [0.1, 0.15) is 37.0 Å². The van der Waals surface area contributed by atoms with Crippen LogP contribution in [0, 0.1) is 0 Å². The van der Waals surface area contributed by atoms with E-state index in [1.54, 1.807) is 0 Å². The van der Waals surface area contributed by atoms with Gasteiger partial charge < -0.3 is 10.0 Å². The van der Waals surface area contributed by atoms with Crippen LogP contribution in [-0.2, 0) is 6.42 Å². The first kappa shape index (κ1) is 14.1. The van der Waals surface area contributed by atoms with E-state index in [0.717, 1.165) is 51.1 Å². The Kier molecular flexibility index (Phi) is 4.39. The molecule has 1 N–H and O–H groups in total. The van der Waals surface area contributed by atoms with Crippen molar-refractivity contribution < 1.29 is 5.11 Å². The summed E-state index contributed by atoms with van der Waals surface area (Å²) in [6, 6.07) is 8.74. The van der Waals surface area contributed by atoms with E-state index in [2.05, 4.69) is 41.0 Å². The minimum absolute atomic E-state index is 0.303. The van der Waals surface area contributed by atoms with Crippen LogP contribution in [0.4, 0.5) is 0 Å². The van der Waals surface area contributed by atoms with Crippen molar-refractivity contribution in [1.29, 1.82) is 0 Å². The van der Waals surface area contributed by atoms with Gasteiger partial charge in [0.15, 0.2) is 0 Å². The molecule has 20 heavy (non-hydrogen) atoms. The molecule has 1 fully saturated rings. The van der Waals surface area contributed by atoms with E-state index in [1.807, 2.05) is 0 Å². The number of likely N-dealkylation sites (N-methyl/N-ethyl adjacent to an activating group) is 1. The molecule has 0 spiro atoms. The lowest BCUT2D eigenvalue weighted by molar-refractivity contribution is 0.0161. The van der Waals surface area contributed by atoms with E-state index in [4.69, 9.17) is 0 Å². The number of fused-ring (bicyclic) bond motifs is 1. The first-order valence-electron chi connectivity index (χ1n) is 8.02. The highest BCUT2D eigenvalue weighted by Gasteiger charge is 2.32. The van der Waals surface area contributed by atoms with Gasteiger partial charge in [0.25, 0.3) is 0 Å². The van der Waals surface area contributed by atoms with Crippen molar-refractivity contribution >= 4 is 0 Å². The predicted octanol–water partition coefficient (Wildman–Crippen LogP) is 2.06. The molecule has 0 bridgehead atoms. The molecular weight excluding hydrogens is 248 g/mol. The maximum atomic E-state index is 10.8. The van der Waals surface area contributed by atoms with E-state index in [1.165, 1.54) is 12.0 Å². The van der Waals surface area contributed by atoms with Crippen LogP contribution in [0.3, 0.4) is 0 Å². The Labute approximate surface area is 122 Å². The summed E-state index contributed by atoms with van der Waals surface area (Å²) in [5.74, 6) is 0. The number of nitrogens with zero attached hydrogens (tertiary/aromatic N) is 2. The zero-order valence-electron chi connectivity index (χ0n) is 12.5. The average molecular weight is 274 g/mol. The van der Waals surface area contributed by atoms with Crippen molar-refractivity contribution in [3.8, 4) is 0 Å². The van der Waals surface area contributed by atoms with Crippen molar-refractivity contribution in [2.24, 2.45) is 0 Å². The fraction of sp³-hybridized carbons (Fsp3) is 0.647. The van der Waals surface area contributed by atoms with Gasteiger partial charge in [0.2, 0.25) is 0 Å². The van der Waals surface area contributed by atoms with Gasteiger partial charge in [0.05, 0.1) is 6.10 Å². The second kappa shape index (κ2) is 6.25. The molecule has 0 radical (unpaired) electrons. The Hall–Kier alpha value is -0.900. The zero-order valence-corrected chi connectivity index (χ0v) is 12.5. The Balaban J connectivity index is 1.74. The quantitative estimate of drug-likeness (QED) is 0.836. The van der Waals surface area contributed by atoms with Gasteiger partial charge in [-0.25, -0.2) is 0 Å². The molecule has 2 unspecified atom stereocenters. The van der Waals surface area contributed by atoms with Gasteiger partial charge in [-0.3, -0.25) is 4.90 Å². The van der Waals surface area contributed by atoms with Crippen LogP contribution in [0.2, 0.25) is 0 Å². The van der Waals surface area contributed by atoms with Crippen molar-refractivity contribution in [3.05, 3.63) is 35.4 Å². The third kappa shape index (κ3) is 2.76. The predicted molar refractivity (Wildman–Crippen MR) is 81.8 cm³/mol. The van der Waals surface area contributed by atoms with Gasteiger partial charge in [0, 0.05) is 32.2 Å². The molecule has 1 heterocycles. The van der Waals surface area contributed by atoms with Gasteiger partial charge in [-0.15, -0.1) is 0 Å². The molecule has 1 aliphatic heterocycles. The Bertz CT molecular complexity index is 440. The van der Waals surface area contributed by atoms with Gasteiger partial charge in [-0.2, -0.15) is 0 Å². The van der Waals surface area contributed by atoms with Gasteiger partial charge >= 0.3 is 0 Å². The number of rotatable bonds is 2. The summed E-state index contributed by atoms with van der Waals surface area (Å²) >= 11 is 0. The first-order valence-corrected chi connectivity index (χ1v) is 8.02. The van der Waals surface area contributed by atoms with Gasteiger partial charge in [0.1, 0.15) is 0 Å². The molecule has 0 saturated carbocycles. The summed E-state index contributed by atoms with van der Waals surface area (Å²) in [6.45, 7) is 7.84. The lowest BCUT2D eigenvalue weighted by atomic mass is 9.97. The van der Waals surface area contributed by atoms with E-state index < -0.39 is 0 Å². The molecule has 3 heteroatoms. The molecule has 1 aromatic carbocycles. The molecule has 1 aliphatic carbocycles. The summed E-state index contributed by atoms with van der Waals surface area (Å²) in [5.41, 5.74) is 2.50. The fourth-order valence-corrected chi connectivity index (χ4v) is 3.71. The van der Waals surface area contributed by atoms with E-state index in [0.29, 0.717) is 6.04 Å². The van der Waals surface area contributed by atoms with Crippen molar-refractivity contribution in [2.75, 3.05) is 32.7 Å². The second-order valence-corrected chi connectivity index (χ2v) is 6.07. The first-order chi connectivity index (χ1) is 9.79. The van der Waals surface area contributed by atoms with Gasteiger partial charge in [-0.05, 0) is 36.9 Å². The van der Waals surface area contributed by atoms with Gasteiger partial charge in [-0.1, -0.05) is 31.2 Å². The van der Waals surface area contributed by atoms with E-state index in [-0.39, 0.29) is 6.10 Å². The summed E-state index contributed by atoms with van der Waals surface area (Å²) < 4.78 is 0. The van der Waals surface area contributed by atoms with E-state index in [9.17, 15) is 5.11 Å². The molecule has 3 nitrogen and oxygen atoms in total. The second-order valence-electron chi connectivity index (χ2n) is 6.07. The fourth-order valence-electron chi connectivity index (χ4n) is 3.71. The summed E-state index contributed by atoms with van der Waals surface area (Å²) in [4.78, 5) is 5.01. The number of hydrogen-bond donors (Lipinski definition) is 1. The Morgan fingerprint density at radius 1 is 1.15 bits per heavy atom.